The normalized spacial score (nSPS) is 28.0. The van der Waals surface area contributed by atoms with Crippen molar-refractivity contribution in [3.63, 3.8) is 0 Å². The number of nitrogens with one attached hydrogen (secondary N) is 3. The number of hydrogen-bond acceptors (Lipinski definition) is 6. The summed E-state index contributed by atoms with van der Waals surface area (Å²) in [6, 6.07) is -2.92. The van der Waals surface area contributed by atoms with Gasteiger partial charge in [0.1, 0.15) is 11.6 Å². The van der Waals surface area contributed by atoms with Crippen molar-refractivity contribution in [2.75, 3.05) is 26.2 Å². The molecule has 234 valence electrons. The van der Waals surface area contributed by atoms with Gasteiger partial charge in [0.2, 0.25) is 23.5 Å². The van der Waals surface area contributed by atoms with E-state index in [-0.39, 0.29) is 31.2 Å². The summed E-state index contributed by atoms with van der Waals surface area (Å²) in [5.74, 6) is -6.46. The van der Waals surface area contributed by atoms with E-state index in [9.17, 15) is 41.9 Å². The van der Waals surface area contributed by atoms with E-state index in [1.807, 2.05) is 5.32 Å². The number of fused-ring (bicyclic) bond motifs is 1. The Hall–Kier alpha value is -3.19. The smallest absolute Gasteiger partial charge is 0.356 e. The first-order valence-corrected chi connectivity index (χ1v) is 14.4. The largest absolute Gasteiger partial charge is 0.471 e. The highest BCUT2D eigenvalue weighted by molar-refractivity contribution is 6.38. The second-order valence-corrected chi connectivity index (χ2v) is 13.6. The molecule has 5 fully saturated rings. The SMILES string of the molecule is CC(C)(C)[C@H](NC(=O)C(F)(F)F)C(=O)N1C[C@H]2C[C@@]1(C(=O)N[C@@H](C[C@@H]1CCNC1=O)C(=O)C(=O)N1CCCC1)C2(C)C. The van der Waals surface area contributed by atoms with Crippen LogP contribution >= 0.6 is 0 Å². The van der Waals surface area contributed by atoms with E-state index in [1.165, 1.54) is 30.6 Å². The number of nitrogens with zero attached hydrogens (tertiary/aromatic N) is 2. The van der Waals surface area contributed by atoms with Crippen molar-refractivity contribution in [3.05, 3.63) is 0 Å². The fourth-order valence-electron chi connectivity index (χ4n) is 6.90. The van der Waals surface area contributed by atoms with E-state index in [0.717, 1.165) is 12.8 Å². The van der Waals surface area contributed by atoms with Crippen LogP contribution in [0.3, 0.4) is 0 Å². The predicted molar refractivity (Wildman–Crippen MR) is 142 cm³/mol. The zero-order valence-corrected chi connectivity index (χ0v) is 24.7. The average Bonchev–Trinajstić information content (AvgIpc) is 3.67. The Balaban J connectivity index is 1.63. The van der Waals surface area contributed by atoms with Crippen LogP contribution in [-0.4, -0.2) is 95.1 Å². The molecule has 4 heterocycles. The van der Waals surface area contributed by atoms with Crippen LogP contribution in [0.2, 0.25) is 0 Å². The van der Waals surface area contributed by atoms with E-state index in [2.05, 4.69) is 10.6 Å². The number of carbonyl (C=O) groups is 6. The third-order valence-corrected chi connectivity index (χ3v) is 9.69. The number of ketones is 1. The minimum Gasteiger partial charge on any atom is -0.356 e. The Bertz CT molecular complexity index is 1180. The van der Waals surface area contributed by atoms with Gasteiger partial charge >= 0.3 is 12.1 Å². The molecule has 4 aliphatic heterocycles. The lowest BCUT2D eigenvalue weighted by molar-refractivity contribution is -0.177. The summed E-state index contributed by atoms with van der Waals surface area (Å²) in [5, 5.41) is 7.20. The molecule has 0 spiro atoms. The van der Waals surface area contributed by atoms with Gasteiger partial charge in [-0.25, -0.2) is 0 Å². The fraction of sp³-hybridized carbons (Fsp3) is 0.786. The molecule has 1 saturated carbocycles. The second-order valence-electron chi connectivity index (χ2n) is 13.6. The lowest BCUT2D eigenvalue weighted by Gasteiger charge is -2.55. The molecule has 5 aliphatic rings. The van der Waals surface area contributed by atoms with E-state index >= 15 is 0 Å². The average molecular weight is 600 g/mol. The van der Waals surface area contributed by atoms with Gasteiger partial charge in [-0.05, 0) is 43.4 Å². The number of alkyl halides is 3. The van der Waals surface area contributed by atoms with Gasteiger partial charge in [0.05, 0.1) is 6.04 Å². The fourth-order valence-corrected chi connectivity index (χ4v) is 6.90. The van der Waals surface area contributed by atoms with Crippen LogP contribution in [0.5, 0.6) is 0 Å². The van der Waals surface area contributed by atoms with Crippen LogP contribution in [0.1, 0.15) is 66.7 Å². The summed E-state index contributed by atoms with van der Waals surface area (Å²) in [6.07, 6.45) is -3.20. The first-order chi connectivity index (χ1) is 19.3. The minimum atomic E-state index is -5.22. The maximum absolute atomic E-state index is 14.2. The molecule has 1 aliphatic carbocycles. The highest BCUT2D eigenvalue weighted by atomic mass is 19.4. The van der Waals surface area contributed by atoms with Crippen molar-refractivity contribution in [2.24, 2.45) is 22.7 Å². The second kappa shape index (κ2) is 10.8. The van der Waals surface area contributed by atoms with E-state index in [1.54, 1.807) is 13.8 Å². The van der Waals surface area contributed by atoms with Gasteiger partial charge in [-0.15, -0.1) is 0 Å². The Morgan fingerprint density at radius 3 is 2.17 bits per heavy atom. The summed E-state index contributed by atoms with van der Waals surface area (Å²) >= 11 is 0. The summed E-state index contributed by atoms with van der Waals surface area (Å²) in [4.78, 5) is 81.4. The molecule has 3 N–H and O–H groups in total. The molecule has 2 bridgehead atoms. The van der Waals surface area contributed by atoms with Gasteiger partial charge in [-0.3, -0.25) is 28.8 Å². The van der Waals surface area contributed by atoms with Gasteiger partial charge in [0.15, 0.2) is 0 Å². The lowest BCUT2D eigenvalue weighted by Crippen LogP contribution is -2.71. The van der Waals surface area contributed by atoms with Crippen LogP contribution < -0.4 is 16.0 Å². The number of Topliss-reactive ketones (excluding diaryl/α,β-unsaturated/α-hetero) is 1. The van der Waals surface area contributed by atoms with Gasteiger partial charge in [0, 0.05) is 37.5 Å². The monoisotopic (exact) mass is 599 g/mol. The van der Waals surface area contributed by atoms with E-state index < -0.39 is 70.0 Å². The molecule has 14 heteroatoms. The molecular weight excluding hydrogens is 559 g/mol. The molecule has 0 aromatic carbocycles. The zero-order valence-electron chi connectivity index (χ0n) is 24.7. The van der Waals surface area contributed by atoms with Crippen molar-refractivity contribution in [2.45, 2.75) is 90.5 Å². The van der Waals surface area contributed by atoms with Gasteiger partial charge in [0.25, 0.3) is 5.91 Å². The molecule has 5 atom stereocenters. The Morgan fingerprint density at radius 2 is 1.67 bits per heavy atom. The van der Waals surface area contributed by atoms with Crippen molar-refractivity contribution in [3.8, 4) is 0 Å². The van der Waals surface area contributed by atoms with Crippen molar-refractivity contribution in [1.82, 2.24) is 25.8 Å². The molecule has 4 saturated heterocycles. The number of amides is 5. The number of likely N-dealkylation sites (tertiary alicyclic amines) is 1. The Morgan fingerprint density at radius 1 is 1.05 bits per heavy atom. The van der Waals surface area contributed by atoms with E-state index in [4.69, 9.17) is 0 Å². The molecule has 0 aromatic heterocycles. The standard InChI is InChI=1S/C28H40F3N5O6/c1-25(2,3)19(34-24(42)28(29,30)31)22(40)36-14-16-13-27(36,26(16,4)5)23(41)33-17(12-15-8-9-32-20(15)38)18(37)21(39)35-10-6-7-11-35/h15-17,19H,6-14H2,1-5H3,(H,32,38)(H,33,41)(H,34,42)/t15-,16+,17-,19+,27+/m0/s1. The Labute approximate surface area is 242 Å². The highest BCUT2D eigenvalue weighted by Crippen LogP contribution is 2.64. The zero-order chi connectivity index (χ0) is 31.4. The van der Waals surface area contributed by atoms with Gasteiger partial charge in [-0.1, -0.05) is 34.6 Å². The number of rotatable bonds is 8. The van der Waals surface area contributed by atoms with E-state index in [0.29, 0.717) is 26.1 Å². The van der Waals surface area contributed by atoms with Gasteiger partial charge < -0.3 is 25.8 Å². The molecule has 5 rings (SSSR count). The van der Waals surface area contributed by atoms with Crippen molar-refractivity contribution >= 4 is 35.3 Å². The summed E-state index contributed by atoms with van der Waals surface area (Å²) in [7, 11) is 0. The molecule has 42 heavy (non-hydrogen) atoms. The molecule has 0 aromatic rings. The summed E-state index contributed by atoms with van der Waals surface area (Å²) in [6.45, 7) is 9.36. The van der Waals surface area contributed by atoms with Crippen LogP contribution in [0.4, 0.5) is 13.2 Å². The quantitative estimate of drug-likeness (QED) is 0.354. The third kappa shape index (κ3) is 5.36. The highest BCUT2D eigenvalue weighted by Gasteiger charge is 2.74. The third-order valence-electron chi connectivity index (χ3n) is 9.69. The maximum Gasteiger partial charge on any atom is 0.471 e. The van der Waals surface area contributed by atoms with Crippen LogP contribution in [0, 0.1) is 22.7 Å². The molecule has 11 nitrogen and oxygen atoms in total. The first-order valence-electron chi connectivity index (χ1n) is 14.4. The summed E-state index contributed by atoms with van der Waals surface area (Å²) in [5.41, 5.74) is -3.49. The van der Waals surface area contributed by atoms with Crippen molar-refractivity contribution < 1.29 is 41.9 Å². The lowest BCUT2D eigenvalue weighted by atomic mass is 9.52. The number of carbonyl (C=O) groups excluding carboxylic acids is 6. The molecule has 0 radical (unpaired) electrons. The Kier molecular flexibility index (Phi) is 8.18. The van der Waals surface area contributed by atoms with Gasteiger partial charge in [-0.2, -0.15) is 13.2 Å². The number of hydrogen-bond donors (Lipinski definition) is 3. The molecule has 5 amide bonds. The predicted octanol–water partition coefficient (Wildman–Crippen LogP) is 0.909. The van der Waals surface area contributed by atoms with Crippen molar-refractivity contribution in [1.29, 1.82) is 0 Å². The molecule has 0 unspecified atom stereocenters. The summed E-state index contributed by atoms with van der Waals surface area (Å²) < 4.78 is 39.4. The number of halogens is 3. The first kappa shape index (κ1) is 31.7. The molecular formula is C28H40F3N5O6. The van der Waals surface area contributed by atoms with Crippen LogP contribution in [0.15, 0.2) is 0 Å². The van der Waals surface area contributed by atoms with Crippen LogP contribution in [0.25, 0.3) is 0 Å². The maximum atomic E-state index is 14.2. The minimum absolute atomic E-state index is 0.0735. The van der Waals surface area contributed by atoms with Crippen LogP contribution in [-0.2, 0) is 28.8 Å². The topological polar surface area (TPSA) is 145 Å².